The summed E-state index contributed by atoms with van der Waals surface area (Å²) < 4.78 is 69.4. The van der Waals surface area contributed by atoms with Crippen LogP contribution in [0.2, 0.25) is 0 Å². The monoisotopic (exact) mass is 644 g/mol. The van der Waals surface area contributed by atoms with Crippen LogP contribution in [0.4, 0.5) is 13.2 Å². The smallest absolute Gasteiger partial charge is 0.390 e. The molecule has 0 amide bonds. The lowest BCUT2D eigenvalue weighted by atomic mass is 10.0. The molecule has 1 aromatic carbocycles. The van der Waals surface area contributed by atoms with Crippen molar-refractivity contribution in [2.45, 2.75) is 74.8 Å². The highest BCUT2D eigenvalue weighted by atomic mass is 32.2. The maximum atomic E-state index is 14.0. The first-order valence-corrected chi connectivity index (χ1v) is 18.1. The highest BCUT2D eigenvalue weighted by Crippen LogP contribution is 2.40. The van der Waals surface area contributed by atoms with Crippen molar-refractivity contribution in [1.82, 2.24) is 29.6 Å². The fraction of sp³-hybridized carbons (Fsp3) is 0.690. The van der Waals surface area contributed by atoms with Gasteiger partial charge in [0.15, 0.2) is 0 Å². The molecule has 3 N–H and O–H groups in total. The molecule has 2 fully saturated rings. The van der Waals surface area contributed by atoms with Crippen molar-refractivity contribution in [1.29, 1.82) is 0 Å². The Bertz CT molecular complexity index is 1340. The summed E-state index contributed by atoms with van der Waals surface area (Å²) in [7, 11) is -3.25. The summed E-state index contributed by atoms with van der Waals surface area (Å²) in [6.45, 7) is 6.19. The number of nitrogens with one attached hydrogen (secondary N) is 2. The van der Waals surface area contributed by atoms with E-state index in [9.17, 15) is 26.7 Å². The molecular formula is C29H43F3N6O3S2. The van der Waals surface area contributed by atoms with E-state index in [0.717, 1.165) is 56.7 Å². The van der Waals surface area contributed by atoms with Crippen LogP contribution in [0.3, 0.4) is 0 Å². The highest BCUT2D eigenvalue weighted by molar-refractivity contribution is 7.99. The van der Waals surface area contributed by atoms with Gasteiger partial charge in [0.05, 0.1) is 30.2 Å². The molecule has 1 unspecified atom stereocenters. The number of fused-ring (bicyclic) bond motifs is 1. The Balaban J connectivity index is 1.29. The maximum absolute atomic E-state index is 14.0. The maximum Gasteiger partial charge on any atom is 0.417 e. The Kier molecular flexibility index (Phi) is 10.8. The number of aliphatic hydroxyl groups is 1. The van der Waals surface area contributed by atoms with E-state index in [1.165, 1.54) is 36.6 Å². The molecule has 240 valence electrons. The molecular weight excluding hydrogens is 601 g/mol. The fourth-order valence-electron chi connectivity index (χ4n) is 6.39. The molecule has 14 heteroatoms. The van der Waals surface area contributed by atoms with Crippen LogP contribution in [-0.4, -0.2) is 103 Å². The molecule has 9 nitrogen and oxygen atoms in total. The van der Waals surface area contributed by atoms with Crippen molar-refractivity contribution in [3.8, 4) is 11.3 Å². The first kappa shape index (κ1) is 32.7. The van der Waals surface area contributed by atoms with Crippen molar-refractivity contribution in [3.05, 3.63) is 35.0 Å². The van der Waals surface area contributed by atoms with Gasteiger partial charge < -0.3 is 20.2 Å². The van der Waals surface area contributed by atoms with Gasteiger partial charge in [-0.05, 0) is 64.0 Å². The largest absolute Gasteiger partial charge is 0.417 e. The van der Waals surface area contributed by atoms with Crippen LogP contribution in [0.15, 0.2) is 23.1 Å². The van der Waals surface area contributed by atoms with E-state index >= 15 is 0 Å². The van der Waals surface area contributed by atoms with Crippen LogP contribution >= 0.6 is 11.8 Å². The van der Waals surface area contributed by atoms with Crippen LogP contribution in [-0.2, 0) is 35.7 Å². The number of benzene rings is 1. The molecule has 1 aromatic heterocycles. The third kappa shape index (κ3) is 8.95. The summed E-state index contributed by atoms with van der Waals surface area (Å²) in [4.78, 5) is 4.69. The van der Waals surface area contributed by atoms with Crippen molar-refractivity contribution in [3.63, 3.8) is 0 Å². The number of halogens is 3. The molecule has 1 atom stereocenters. The van der Waals surface area contributed by atoms with E-state index in [1.807, 2.05) is 4.68 Å². The van der Waals surface area contributed by atoms with Gasteiger partial charge >= 0.3 is 6.18 Å². The first-order chi connectivity index (χ1) is 20.5. The quantitative estimate of drug-likeness (QED) is 0.321. The van der Waals surface area contributed by atoms with E-state index < -0.39 is 27.9 Å². The summed E-state index contributed by atoms with van der Waals surface area (Å²) >= 11 is 1.26. The Labute approximate surface area is 256 Å². The van der Waals surface area contributed by atoms with Crippen LogP contribution in [0.5, 0.6) is 0 Å². The van der Waals surface area contributed by atoms with Gasteiger partial charge in [0, 0.05) is 66.1 Å². The van der Waals surface area contributed by atoms with Crippen molar-refractivity contribution in [2.75, 3.05) is 57.8 Å². The Morgan fingerprint density at radius 3 is 2.56 bits per heavy atom. The second-order valence-electron chi connectivity index (χ2n) is 12.0. The van der Waals surface area contributed by atoms with E-state index in [2.05, 4.69) is 19.8 Å². The SMILES string of the molecule is CS(=O)(=O)NC1CCN(CC(O)Cn2nc(-c3ccc(C(F)(F)F)c(SCCN4CCCCC4)c3)c3c2CCNC3)CC1. The van der Waals surface area contributed by atoms with E-state index in [0.29, 0.717) is 56.0 Å². The van der Waals surface area contributed by atoms with E-state index in [-0.39, 0.29) is 17.5 Å². The van der Waals surface area contributed by atoms with E-state index in [4.69, 9.17) is 5.10 Å². The predicted molar refractivity (Wildman–Crippen MR) is 163 cm³/mol. The van der Waals surface area contributed by atoms with Crippen LogP contribution in [0.1, 0.15) is 48.9 Å². The van der Waals surface area contributed by atoms with Gasteiger partial charge in [0.1, 0.15) is 0 Å². The highest BCUT2D eigenvalue weighted by Gasteiger charge is 2.34. The molecule has 2 aromatic rings. The molecule has 2 saturated heterocycles. The van der Waals surface area contributed by atoms with Crippen LogP contribution < -0.4 is 10.0 Å². The number of aliphatic hydroxyl groups excluding tert-OH is 1. The number of likely N-dealkylation sites (tertiary alicyclic amines) is 2. The Hall–Kier alpha value is -1.68. The summed E-state index contributed by atoms with van der Waals surface area (Å²) in [6.07, 6.45) is 1.62. The number of rotatable bonds is 11. The second kappa shape index (κ2) is 14.2. The predicted octanol–water partition coefficient (Wildman–Crippen LogP) is 3.17. The number of hydrogen-bond acceptors (Lipinski definition) is 8. The number of hydrogen-bond donors (Lipinski definition) is 3. The molecule has 4 heterocycles. The number of nitrogens with zero attached hydrogens (tertiary/aromatic N) is 4. The van der Waals surface area contributed by atoms with Crippen molar-refractivity contribution < 1.29 is 26.7 Å². The van der Waals surface area contributed by atoms with E-state index in [1.54, 1.807) is 6.07 Å². The standard InChI is InChI=1S/C29H43F3N6O3S2/c1-43(40,41)35-22-8-13-37(14-9-22)19-23(39)20-38-26-7-10-33-18-24(26)28(34-38)21-5-6-25(29(30,31)32)27(17-21)42-16-15-36-11-3-2-4-12-36/h5-6,17,22-23,33,35,39H,2-4,7-16,18-20H2,1H3. The number of sulfonamides is 1. The molecule has 43 heavy (non-hydrogen) atoms. The summed E-state index contributed by atoms with van der Waals surface area (Å²) in [5.74, 6) is 0.592. The van der Waals surface area contributed by atoms with Crippen molar-refractivity contribution in [2.24, 2.45) is 0 Å². The zero-order valence-electron chi connectivity index (χ0n) is 24.7. The summed E-state index contributed by atoms with van der Waals surface area (Å²) in [5.41, 5.74) is 2.67. The molecule has 0 bridgehead atoms. The molecule has 0 radical (unpaired) electrons. The van der Waals surface area contributed by atoms with Crippen LogP contribution in [0, 0.1) is 0 Å². The van der Waals surface area contributed by atoms with Gasteiger partial charge in [0.2, 0.25) is 10.0 Å². The lowest BCUT2D eigenvalue weighted by Crippen LogP contribution is -2.46. The number of thioether (sulfide) groups is 1. The molecule has 3 aliphatic rings. The minimum atomic E-state index is -4.44. The number of piperidine rings is 2. The Morgan fingerprint density at radius 1 is 1.12 bits per heavy atom. The third-order valence-electron chi connectivity index (χ3n) is 8.50. The van der Waals surface area contributed by atoms with Crippen LogP contribution in [0.25, 0.3) is 11.3 Å². The number of aromatic nitrogens is 2. The van der Waals surface area contributed by atoms with Gasteiger partial charge in [-0.2, -0.15) is 18.3 Å². The summed E-state index contributed by atoms with van der Waals surface area (Å²) in [5, 5.41) is 19.2. The minimum Gasteiger partial charge on any atom is -0.390 e. The normalized spacial score (nSPS) is 20.3. The molecule has 0 aliphatic carbocycles. The molecule has 3 aliphatic heterocycles. The topological polar surface area (TPSA) is 103 Å². The van der Waals surface area contributed by atoms with Crippen molar-refractivity contribution >= 4 is 21.8 Å². The van der Waals surface area contributed by atoms with Gasteiger partial charge in [-0.1, -0.05) is 12.5 Å². The zero-order chi connectivity index (χ0) is 30.6. The zero-order valence-corrected chi connectivity index (χ0v) is 26.3. The van der Waals surface area contributed by atoms with Gasteiger partial charge in [-0.15, -0.1) is 11.8 Å². The summed E-state index contributed by atoms with van der Waals surface area (Å²) in [6, 6.07) is 4.24. The number of alkyl halides is 3. The number of β-amino-alcohol motifs (C(OH)–C–C–N with tert-alkyl or cyclic N) is 1. The molecule has 5 rings (SSSR count). The molecule has 0 saturated carbocycles. The lowest BCUT2D eigenvalue weighted by molar-refractivity contribution is -0.139. The minimum absolute atomic E-state index is 0.0897. The Morgan fingerprint density at radius 2 is 1.86 bits per heavy atom. The molecule has 0 spiro atoms. The fourth-order valence-corrected chi connectivity index (χ4v) is 8.35. The first-order valence-electron chi connectivity index (χ1n) is 15.2. The third-order valence-corrected chi connectivity index (χ3v) is 10.3. The second-order valence-corrected chi connectivity index (χ2v) is 14.9. The van der Waals surface area contributed by atoms with Gasteiger partial charge in [-0.3, -0.25) is 4.68 Å². The average Bonchev–Trinajstić information content (AvgIpc) is 3.31. The van der Waals surface area contributed by atoms with Gasteiger partial charge in [0.25, 0.3) is 0 Å². The average molecular weight is 645 g/mol. The van der Waals surface area contributed by atoms with Gasteiger partial charge in [-0.25, -0.2) is 13.1 Å². The lowest BCUT2D eigenvalue weighted by Gasteiger charge is -2.33.